The molecular weight excluding hydrogens is 291 g/mol. The molecule has 20 heavy (non-hydrogen) atoms. The molecule has 1 aromatic rings. The molecule has 0 spiro atoms. The summed E-state index contributed by atoms with van der Waals surface area (Å²) in [6.45, 7) is 11.9. The third kappa shape index (κ3) is 3.79. The standard InChI is InChI=1S/C17H24ClFS/c1-7-13-12(5)16(19)14(9-15(13)18)17(20-6)11(4)8-10(2)3/h9,11,17H,2,7-8H2,1,3-6H3. The summed E-state index contributed by atoms with van der Waals surface area (Å²) in [5.74, 6) is 0.235. The van der Waals surface area contributed by atoms with Crippen molar-refractivity contribution in [2.75, 3.05) is 6.26 Å². The molecule has 1 rings (SSSR count). The Bertz CT molecular complexity index is 496. The minimum Gasteiger partial charge on any atom is -0.206 e. The minimum absolute atomic E-state index is 0.0980. The van der Waals surface area contributed by atoms with E-state index in [1.807, 2.05) is 33.1 Å². The summed E-state index contributed by atoms with van der Waals surface area (Å²) in [7, 11) is 0. The fourth-order valence-electron chi connectivity index (χ4n) is 2.78. The molecule has 0 fully saturated rings. The number of halogens is 2. The van der Waals surface area contributed by atoms with E-state index in [1.165, 1.54) is 0 Å². The highest BCUT2D eigenvalue weighted by molar-refractivity contribution is 7.98. The minimum atomic E-state index is -0.0980. The van der Waals surface area contributed by atoms with Crippen LogP contribution in [0.15, 0.2) is 18.2 Å². The molecule has 0 aromatic heterocycles. The highest BCUT2D eigenvalue weighted by Gasteiger charge is 2.24. The first-order chi connectivity index (χ1) is 9.33. The summed E-state index contributed by atoms with van der Waals surface area (Å²) in [4.78, 5) is 0. The van der Waals surface area contributed by atoms with Gasteiger partial charge in [-0.15, -0.1) is 6.58 Å². The monoisotopic (exact) mass is 314 g/mol. The number of allylic oxidation sites excluding steroid dienone is 1. The van der Waals surface area contributed by atoms with Gasteiger partial charge in [-0.05, 0) is 56.1 Å². The van der Waals surface area contributed by atoms with Gasteiger partial charge in [-0.2, -0.15) is 11.8 Å². The van der Waals surface area contributed by atoms with Crippen molar-refractivity contribution in [1.82, 2.24) is 0 Å². The van der Waals surface area contributed by atoms with Crippen LogP contribution in [0.25, 0.3) is 0 Å². The molecule has 0 aliphatic rings. The zero-order chi connectivity index (χ0) is 15.4. The van der Waals surface area contributed by atoms with E-state index in [0.29, 0.717) is 16.5 Å². The van der Waals surface area contributed by atoms with Crippen molar-refractivity contribution >= 4 is 23.4 Å². The summed E-state index contributed by atoms with van der Waals surface area (Å²) in [5.41, 5.74) is 3.47. The van der Waals surface area contributed by atoms with Crippen molar-refractivity contribution in [2.24, 2.45) is 5.92 Å². The molecule has 0 heterocycles. The molecule has 0 amide bonds. The average Bonchev–Trinajstić information content (AvgIpc) is 2.36. The van der Waals surface area contributed by atoms with Crippen LogP contribution < -0.4 is 0 Å². The summed E-state index contributed by atoms with van der Waals surface area (Å²) < 4.78 is 14.7. The number of rotatable bonds is 6. The van der Waals surface area contributed by atoms with E-state index in [0.717, 1.165) is 29.5 Å². The Labute approximate surface area is 131 Å². The normalized spacial score (nSPS) is 14.2. The fraction of sp³-hybridized carbons (Fsp3) is 0.529. The topological polar surface area (TPSA) is 0 Å². The lowest BCUT2D eigenvalue weighted by molar-refractivity contribution is 0.528. The average molecular weight is 315 g/mol. The van der Waals surface area contributed by atoms with Gasteiger partial charge in [0.15, 0.2) is 0 Å². The van der Waals surface area contributed by atoms with Gasteiger partial charge in [0.05, 0.1) is 0 Å². The molecule has 0 nitrogen and oxygen atoms in total. The summed E-state index contributed by atoms with van der Waals surface area (Å²) in [5, 5.41) is 0.789. The maximum absolute atomic E-state index is 14.7. The van der Waals surface area contributed by atoms with Gasteiger partial charge in [-0.25, -0.2) is 4.39 Å². The molecule has 0 aliphatic heterocycles. The Morgan fingerprint density at radius 2 is 2.10 bits per heavy atom. The van der Waals surface area contributed by atoms with Gasteiger partial charge >= 0.3 is 0 Å². The van der Waals surface area contributed by atoms with Crippen LogP contribution in [0.4, 0.5) is 4.39 Å². The van der Waals surface area contributed by atoms with Crippen molar-refractivity contribution in [1.29, 1.82) is 0 Å². The van der Waals surface area contributed by atoms with Crippen LogP contribution in [-0.4, -0.2) is 6.26 Å². The molecule has 0 N–H and O–H groups in total. The Hall–Kier alpha value is -0.470. The molecule has 112 valence electrons. The van der Waals surface area contributed by atoms with Crippen molar-refractivity contribution in [2.45, 2.75) is 45.8 Å². The van der Waals surface area contributed by atoms with E-state index in [2.05, 4.69) is 13.5 Å². The Kier molecular flexibility index (Phi) is 6.60. The lowest BCUT2D eigenvalue weighted by atomic mass is 9.91. The first-order valence-corrected chi connectivity index (χ1v) is 8.64. The van der Waals surface area contributed by atoms with Crippen molar-refractivity contribution in [3.8, 4) is 0 Å². The summed E-state index contributed by atoms with van der Waals surface area (Å²) in [6.07, 6.45) is 3.68. The van der Waals surface area contributed by atoms with Crippen molar-refractivity contribution in [3.63, 3.8) is 0 Å². The van der Waals surface area contributed by atoms with E-state index in [4.69, 9.17) is 11.6 Å². The second-order valence-electron chi connectivity index (χ2n) is 5.51. The Morgan fingerprint density at radius 1 is 1.50 bits per heavy atom. The van der Waals surface area contributed by atoms with E-state index < -0.39 is 0 Å². The zero-order valence-corrected chi connectivity index (χ0v) is 14.6. The lowest BCUT2D eigenvalue weighted by Gasteiger charge is -2.25. The van der Waals surface area contributed by atoms with E-state index in [9.17, 15) is 4.39 Å². The number of hydrogen-bond donors (Lipinski definition) is 0. The second kappa shape index (κ2) is 7.51. The fourth-order valence-corrected chi connectivity index (χ4v) is 4.16. The first kappa shape index (κ1) is 17.6. The molecule has 0 saturated carbocycles. The molecule has 2 unspecified atom stereocenters. The lowest BCUT2D eigenvalue weighted by Crippen LogP contribution is -2.11. The van der Waals surface area contributed by atoms with Crippen LogP contribution in [0, 0.1) is 18.7 Å². The highest BCUT2D eigenvalue weighted by Crippen LogP contribution is 2.41. The van der Waals surface area contributed by atoms with Crippen LogP contribution >= 0.6 is 23.4 Å². The summed E-state index contributed by atoms with van der Waals surface area (Å²) in [6, 6.07) is 1.82. The maximum Gasteiger partial charge on any atom is 0.130 e. The van der Waals surface area contributed by atoms with Gasteiger partial charge < -0.3 is 0 Å². The molecule has 0 bridgehead atoms. The quantitative estimate of drug-likeness (QED) is 0.551. The molecule has 0 aliphatic carbocycles. The van der Waals surface area contributed by atoms with E-state index >= 15 is 0 Å². The molecule has 1 aromatic carbocycles. The zero-order valence-electron chi connectivity index (χ0n) is 13.0. The van der Waals surface area contributed by atoms with Gasteiger partial charge in [0.2, 0.25) is 0 Å². The third-order valence-electron chi connectivity index (χ3n) is 3.71. The second-order valence-corrected chi connectivity index (χ2v) is 6.90. The first-order valence-electron chi connectivity index (χ1n) is 6.97. The number of benzene rings is 1. The molecule has 3 heteroatoms. The predicted molar refractivity (Wildman–Crippen MR) is 90.4 cm³/mol. The Morgan fingerprint density at radius 3 is 2.55 bits per heavy atom. The van der Waals surface area contributed by atoms with Gasteiger partial charge in [-0.1, -0.05) is 31.0 Å². The SMILES string of the molecule is C=C(C)CC(C)C(SC)c1cc(Cl)c(CC)c(C)c1F. The third-order valence-corrected chi connectivity index (χ3v) is 5.27. The van der Waals surface area contributed by atoms with Crippen LogP contribution in [0.2, 0.25) is 5.02 Å². The largest absolute Gasteiger partial charge is 0.206 e. The van der Waals surface area contributed by atoms with Crippen LogP contribution in [0.3, 0.4) is 0 Å². The highest BCUT2D eigenvalue weighted by atomic mass is 35.5. The van der Waals surface area contributed by atoms with E-state index in [-0.39, 0.29) is 11.1 Å². The predicted octanol–water partition coefficient (Wildman–Crippen LogP) is 6.36. The number of hydrogen-bond acceptors (Lipinski definition) is 1. The molecular formula is C17H24ClFS. The smallest absolute Gasteiger partial charge is 0.130 e. The van der Waals surface area contributed by atoms with E-state index in [1.54, 1.807) is 11.8 Å². The van der Waals surface area contributed by atoms with Crippen LogP contribution in [0.1, 0.15) is 49.1 Å². The molecule has 0 saturated heterocycles. The van der Waals surface area contributed by atoms with Crippen LogP contribution in [0.5, 0.6) is 0 Å². The maximum atomic E-state index is 14.7. The molecule has 2 atom stereocenters. The van der Waals surface area contributed by atoms with Gasteiger partial charge in [-0.3, -0.25) is 0 Å². The van der Waals surface area contributed by atoms with Gasteiger partial charge in [0, 0.05) is 15.8 Å². The Balaban J connectivity index is 3.26. The van der Waals surface area contributed by atoms with Crippen LogP contribution in [-0.2, 0) is 6.42 Å². The molecule has 0 radical (unpaired) electrons. The van der Waals surface area contributed by atoms with Crippen molar-refractivity contribution < 1.29 is 4.39 Å². The van der Waals surface area contributed by atoms with Gasteiger partial charge in [0.25, 0.3) is 0 Å². The number of thioether (sulfide) groups is 1. The summed E-state index contributed by atoms with van der Waals surface area (Å²) >= 11 is 8.00. The van der Waals surface area contributed by atoms with Crippen molar-refractivity contribution in [3.05, 3.63) is 45.7 Å². The van der Waals surface area contributed by atoms with Gasteiger partial charge in [0.1, 0.15) is 5.82 Å².